The van der Waals surface area contributed by atoms with Crippen molar-refractivity contribution in [3.8, 4) is 0 Å². The Hall–Kier alpha value is -2.40. The van der Waals surface area contributed by atoms with Gasteiger partial charge in [0, 0.05) is 6.20 Å². The molecule has 5 nitrogen and oxygen atoms in total. The summed E-state index contributed by atoms with van der Waals surface area (Å²) in [6, 6.07) is 11.1. The number of anilines is 1. The number of nitrogen functional groups attached to an aromatic ring is 1. The van der Waals surface area contributed by atoms with Gasteiger partial charge in [0.1, 0.15) is 5.82 Å². The second kappa shape index (κ2) is 6.85. The number of rotatable bonds is 5. The van der Waals surface area contributed by atoms with Gasteiger partial charge in [-0.1, -0.05) is 30.3 Å². The molecule has 0 saturated heterocycles. The Kier molecular flexibility index (Phi) is 4.90. The van der Waals surface area contributed by atoms with Gasteiger partial charge < -0.3 is 15.6 Å². The molecule has 5 heteroatoms. The Labute approximate surface area is 123 Å². The molecule has 0 saturated carbocycles. The van der Waals surface area contributed by atoms with E-state index in [1.807, 2.05) is 30.3 Å². The van der Waals surface area contributed by atoms with Crippen LogP contribution in [0.3, 0.4) is 0 Å². The highest BCUT2D eigenvalue weighted by molar-refractivity contribution is 5.89. The van der Waals surface area contributed by atoms with Gasteiger partial charge in [0.15, 0.2) is 0 Å². The molecule has 1 heterocycles. The first kappa shape index (κ1) is 15.0. The Morgan fingerprint density at radius 3 is 2.76 bits per heavy atom. The van der Waals surface area contributed by atoms with Crippen molar-refractivity contribution in [1.29, 1.82) is 0 Å². The van der Waals surface area contributed by atoms with E-state index < -0.39 is 12.1 Å². The number of aromatic nitrogens is 1. The third kappa shape index (κ3) is 3.79. The molecule has 1 aromatic heterocycles. The van der Waals surface area contributed by atoms with Crippen LogP contribution in [-0.4, -0.2) is 23.2 Å². The number of hydrogen-bond acceptors (Lipinski definition) is 5. The van der Waals surface area contributed by atoms with Crippen LogP contribution in [0.4, 0.5) is 5.82 Å². The van der Waals surface area contributed by atoms with E-state index in [9.17, 15) is 9.90 Å². The van der Waals surface area contributed by atoms with Crippen LogP contribution < -0.4 is 5.73 Å². The number of carbonyl (C=O) groups excluding carboxylic acids is 1. The van der Waals surface area contributed by atoms with Crippen LogP contribution in [0.1, 0.15) is 34.0 Å². The van der Waals surface area contributed by atoms with Crippen LogP contribution >= 0.6 is 0 Å². The third-order valence-corrected chi connectivity index (χ3v) is 3.29. The smallest absolute Gasteiger partial charge is 0.339 e. The summed E-state index contributed by atoms with van der Waals surface area (Å²) in [6.07, 6.45) is 1.84. The summed E-state index contributed by atoms with van der Waals surface area (Å²) >= 11 is 0. The highest BCUT2D eigenvalue weighted by atomic mass is 16.5. The van der Waals surface area contributed by atoms with E-state index in [2.05, 4.69) is 9.72 Å². The van der Waals surface area contributed by atoms with E-state index in [0.29, 0.717) is 24.2 Å². The van der Waals surface area contributed by atoms with Crippen molar-refractivity contribution in [2.75, 3.05) is 12.8 Å². The number of ether oxygens (including phenoxy) is 1. The van der Waals surface area contributed by atoms with Crippen molar-refractivity contribution in [1.82, 2.24) is 4.98 Å². The van der Waals surface area contributed by atoms with Gasteiger partial charge in [-0.15, -0.1) is 0 Å². The number of aliphatic hydroxyl groups is 1. The maximum absolute atomic E-state index is 11.5. The van der Waals surface area contributed by atoms with Crippen molar-refractivity contribution in [2.24, 2.45) is 0 Å². The van der Waals surface area contributed by atoms with Gasteiger partial charge in [-0.05, 0) is 30.0 Å². The molecule has 2 rings (SSSR count). The Bertz CT molecular complexity index is 614. The summed E-state index contributed by atoms with van der Waals surface area (Å²) in [6.45, 7) is 0. The van der Waals surface area contributed by atoms with Gasteiger partial charge >= 0.3 is 5.97 Å². The molecule has 0 radical (unpaired) electrons. The molecule has 0 bridgehead atoms. The molecule has 0 spiro atoms. The van der Waals surface area contributed by atoms with E-state index in [1.54, 1.807) is 6.07 Å². The fraction of sp³-hybridized carbons (Fsp3) is 0.250. The number of benzene rings is 1. The fourth-order valence-electron chi connectivity index (χ4n) is 2.08. The second-order valence-electron chi connectivity index (χ2n) is 4.73. The highest BCUT2D eigenvalue weighted by Crippen LogP contribution is 2.21. The van der Waals surface area contributed by atoms with E-state index in [4.69, 9.17) is 5.73 Å². The second-order valence-corrected chi connectivity index (χ2v) is 4.73. The lowest BCUT2D eigenvalue weighted by molar-refractivity contribution is 0.0600. The quantitative estimate of drug-likeness (QED) is 0.822. The molecule has 0 aliphatic rings. The molecule has 110 valence electrons. The predicted molar refractivity (Wildman–Crippen MR) is 79.7 cm³/mol. The highest BCUT2D eigenvalue weighted by Gasteiger charge is 2.12. The van der Waals surface area contributed by atoms with Crippen molar-refractivity contribution in [2.45, 2.75) is 18.9 Å². The summed E-state index contributed by atoms with van der Waals surface area (Å²) in [7, 11) is 1.32. The van der Waals surface area contributed by atoms with Gasteiger partial charge in [0.2, 0.25) is 0 Å². The molecule has 1 atom stereocenters. The minimum atomic E-state index is -0.576. The molecular formula is C16H18N2O3. The Morgan fingerprint density at radius 1 is 1.38 bits per heavy atom. The van der Waals surface area contributed by atoms with Crippen molar-refractivity contribution in [3.05, 3.63) is 59.3 Å². The zero-order valence-corrected chi connectivity index (χ0v) is 11.8. The summed E-state index contributed by atoms with van der Waals surface area (Å²) in [5, 5.41) is 10.1. The summed E-state index contributed by atoms with van der Waals surface area (Å²) in [5.41, 5.74) is 7.75. The first-order valence-electron chi connectivity index (χ1n) is 6.67. The Morgan fingerprint density at radius 2 is 2.10 bits per heavy atom. The number of esters is 1. The molecule has 3 N–H and O–H groups in total. The zero-order chi connectivity index (χ0) is 15.2. The number of methoxy groups -OCH3 is 1. The first-order chi connectivity index (χ1) is 10.1. The minimum absolute atomic E-state index is 0.357. The number of carbonyl (C=O) groups is 1. The number of nitrogens with two attached hydrogens (primary N) is 1. The minimum Gasteiger partial charge on any atom is -0.465 e. The van der Waals surface area contributed by atoms with E-state index in [-0.39, 0.29) is 0 Å². The van der Waals surface area contributed by atoms with Crippen LogP contribution in [-0.2, 0) is 11.2 Å². The average Bonchev–Trinajstić information content (AvgIpc) is 2.53. The lowest BCUT2D eigenvalue weighted by atomic mass is 10.0. The van der Waals surface area contributed by atoms with Crippen LogP contribution in [0.5, 0.6) is 0 Å². The molecule has 21 heavy (non-hydrogen) atoms. The molecule has 2 aromatic rings. The van der Waals surface area contributed by atoms with Gasteiger partial charge in [0.25, 0.3) is 0 Å². The Balaban J connectivity index is 2.07. The van der Waals surface area contributed by atoms with Gasteiger partial charge in [-0.3, -0.25) is 0 Å². The SMILES string of the molecule is COC(=O)c1cnc(N)c(CCC(O)c2ccccc2)c1. The van der Waals surface area contributed by atoms with Crippen molar-refractivity contribution in [3.63, 3.8) is 0 Å². The van der Waals surface area contributed by atoms with Gasteiger partial charge in [-0.2, -0.15) is 0 Å². The summed E-state index contributed by atoms with van der Waals surface area (Å²) in [5.74, 6) is -0.0877. The number of aliphatic hydroxyl groups excluding tert-OH is 1. The van der Waals surface area contributed by atoms with Gasteiger partial charge in [0.05, 0.1) is 18.8 Å². The number of aryl methyl sites for hydroxylation is 1. The van der Waals surface area contributed by atoms with Crippen molar-refractivity contribution >= 4 is 11.8 Å². The van der Waals surface area contributed by atoms with Crippen LogP contribution in [0, 0.1) is 0 Å². The standard InChI is InChI=1S/C16H18N2O3/c1-21-16(20)13-9-12(15(17)18-10-13)7-8-14(19)11-5-3-2-4-6-11/h2-6,9-10,14,19H,7-8H2,1H3,(H2,17,18). The zero-order valence-electron chi connectivity index (χ0n) is 11.8. The average molecular weight is 286 g/mol. The molecule has 0 fully saturated rings. The maximum Gasteiger partial charge on any atom is 0.339 e. The summed E-state index contributed by atoms with van der Waals surface area (Å²) in [4.78, 5) is 15.5. The first-order valence-corrected chi connectivity index (χ1v) is 6.67. The lowest BCUT2D eigenvalue weighted by Gasteiger charge is -2.12. The van der Waals surface area contributed by atoms with Crippen LogP contribution in [0.2, 0.25) is 0 Å². The fourth-order valence-corrected chi connectivity index (χ4v) is 2.08. The predicted octanol–water partition coefficient (Wildman–Crippen LogP) is 2.12. The van der Waals surface area contributed by atoms with E-state index in [0.717, 1.165) is 11.1 Å². The molecule has 0 aliphatic heterocycles. The molecule has 0 amide bonds. The monoisotopic (exact) mass is 286 g/mol. The number of hydrogen-bond donors (Lipinski definition) is 2. The van der Waals surface area contributed by atoms with Crippen LogP contribution in [0.15, 0.2) is 42.6 Å². The van der Waals surface area contributed by atoms with Crippen LogP contribution in [0.25, 0.3) is 0 Å². The van der Waals surface area contributed by atoms with Gasteiger partial charge in [-0.25, -0.2) is 9.78 Å². The molecular weight excluding hydrogens is 268 g/mol. The van der Waals surface area contributed by atoms with E-state index in [1.165, 1.54) is 13.3 Å². The maximum atomic E-state index is 11.5. The molecule has 0 aliphatic carbocycles. The third-order valence-electron chi connectivity index (χ3n) is 3.29. The normalized spacial score (nSPS) is 11.9. The molecule has 1 unspecified atom stereocenters. The number of pyridine rings is 1. The van der Waals surface area contributed by atoms with Crippen molar-refractivity contribution < 1.29 is 14.6 Å². The number of nitrogens with zero attached hydrogens (tertiary/aromatic N) is 1. The van der Waals surface area contributed by atoms with E-state index >= 15 is 0 Å². The largest absolute Gasteiger partial charge is 0.465 e. The summed E-state index contributed by atoms with van der Waals surface area (Å²) < 4.78 is 4.66. The molecule has 1 aromatic carbocycles. The lowest BCUT2D eigenvalue weighted by Crippen LogP contribution is -2.07. The topological polar surface area (TPSA) is 85.4 Å².